The van der Waals surface area contributed by atoms with Crippen molar-refractivity contribution < 1.29 is 14.4 Å². The van der Waals surface area contributed by atoms with E-state index < -0.39 is 4.92 Å². The molecule has 0 spiro atoms. The molecule has 0 aliphatic carbocycles. The first kappa shape index (κ1) is 14.2. The summed E-state index contributed by atoms with van der Waals surface area (Å²) >= 11 is 0. The van der Waals surface area contributed by atoms with Crippen LogP contribution in [0.15, 0.2) is 18.2 Å². The van der Waals surface area contributed by atoms with Gasteiger partial charge in [0.1, 0.15) is 6.61 Å². The Balaban J connectivity index is 2.98. The average molecular weight is 254 g/mol. The van der Waals surface area contributed by atoms with Gasteiger partial charge in [-0.05, 0) is 33.0 Å². The van der Waals surface area contributed by atoms with Crippen molar-refractivity contribution in [2.45, 2.75) is 20.0 Å². The van der Waals surface area contributed by atoms with Crippen LogP contribution in [0.25, 0.3) is 0 Å². The number of likely N-dealkylation sites (N-methyl/N-ethyl adjacent to an activating group) is 1. The molecule has 0 unspecified atom stereocenters. The first-order valence-corrected chi connectivity index (χ1v) is 5.77. The lowest BCUT2D eigenvalue weighted by atomic mass is 10.2. The molecule has 100 valence electrons. The summed E-state index contributed by atoms with van der Waals surface area (Å²) in [6, 6.07) is 4.82. The smallest absolute Gasteiger partial charge is 0.352 e. The average Bonchev–Trinajstić information content (AvgIpc) is 2.28. The summed E-state index contributed by atoms with van der Waals surface area (Å²) in [6.45, 7) is 4.62. The zero-order valence-corrected chi connectivity index (χ0v) is 10.8. The molecule has 0 aliphatic rings. The molecular formula is C12H18N2O4. The third-order valence-corrected chi connectivity index (χ3v) is 2.12. The molecule has 0 radical (unpaired) electrons. The number of nitrogens with one attached hydrogen (secondary N) is 1. The molecule has 0 aliphatic heterocycles. The molecule has 6 nitrogen and oxygen atoms in total. The fraction of sp³-hybridized carbons (Fsp3) is 0.500. The van der Waals surface area contributed by atoms with Crippen LogP contribution in [0.3, 0.4) is 0 Å². The molecule has 0 amide bonds. The van der Waals surface area contributed by atoms with Gasteiger partial charge < -0.3 is 14.8 Å². The minimum Gasteiger partial charge on any atom is -0.485 e. The third kappa shape index (κ3) is 3.89. The van der Waals surface area contributed by atoms with E-state index in [0.717, 1.165) is 0 Å². The number of hydrogen-bond donors (Lipinski definition) is 1. The van der Waals surface area contributed by atoms with Crippen molar-refractivity contribution in [1.29, 1.82) is 0 Å². The molecule has 0 saturated carbocycles. The zero-order chi connectivity index (χ0) is 13.5. The third-order valence-electron chi connectivity index (χ3n) is 2.12. The maximum atomic E-state index is 11.1. The Morgan fingerprint density at radius 3 is 2.61 bits per heavy atom. The molecule has 0 heterocycles. The Bertz CT molecular complexity index is 407. The summed E-state index contributed by atoms with van der Waals surface area (Å²) < 4.78 is 10.8. The van der Waals surface area contributed by atoms with Gasteiger partial charge in [0.05, 0.1) is 11.0 Å². The number of hydrogen-bond acceptors (Lipinski definition) is 5. The molecule has 1 rings (SSSR count). The van der Waals surface area contributed by atoms with E-state index in [0.29, 0.717) is 13.2 Å². The molecule has 0 fully saturated rings. The minimum atomic E-state index is -0.480. The van der Waals surface area contributed by atoms with Crippen molar-refractivity contribution in [3.05, 3.63) is 28.3 Å². The second kappa shape index (κ2) is 6.80. The Morgan fingerprint density at radius 1 is 1.39 bits per heavy atom. The quantitative estimate of drug-likeness (QED) is 0.457. The van der Waals surface area contributed by atoms with Gasteiger partial charge in [0.25, 0.3) is 0 Å². The van der Waals surface area contributed by atoms with Crippen molar-refractivity contribution in [2.24, 2.45) is 0 Å². The van der Waals surface area contributed by atoms with Crippen molar-refractivity contribution in [1.82, 2.24) is 5.32 Å². The SMILES string of the molecule is CNCCOc1cccc(OC(C)C)c1[N+](=O)[O-]. The monoisotopic (exact) mass is 254 g/mol. The zero-order valence-electron chi connectivity index (χ0n) is 10.8. The number of rotatable bonds is 7. The van der Waals surface area contributed by atoms with E-state index >= 15 is 0 Å². The number of nitro benzene ring substituents is 1. The molecule has 1 aromatic rings. The van der Waals surface area contributed by atoms with Crippen molar-refractivity contribution in [2.75, 3.05) is 20.2 Å². The highest BCUT2D eigenvalue weighted by Gasteiger charge is 2.22. The minimum absolute atomic E-state index is 0.123. The van der Waals surface area contributed by atoms with E-state index in [4.69, 9.17) is 9.47 Å². The highest BCUT2D eigenvalue weighted by molar-refractivity contribution is 5.57. The van der Waals surface area contributed by atoms with Gasteiger partial charge in [-0.1, -0.05) is 6.07 Å². The molecule has 6 heteroatoms. The molecule has 0 saturated heterocycles. The molecule has 0 aromatic heterocycles. The Kier molecular flexibility index (Phi) is 5.38. The van der Waals surface area contributed by atoms with Crippen LogP contribution < -0.4 is 14.8 Å². The highest BCUT2D eigenvalue weighted by atomic mass is 16.6. The van der Waals surface area contributed by atoms with Crippen molar-refractivity contribution in [3.63, 3.8) is 0 Å². The van der Waals surface area contributed by atoms with E-state index in [1.807, 2.05) is 13.8 Å². The highest BCUT2D eigenvalue weighted by Crippen LogP contribution is 2.36. The largest absolute Gasteiger partial charge is 0.485 e. The Labute approximate surface area is 106 Å². The lowest BCUT2D eigenvalue weighted by Gasteiger charge is -2.12. The topological polar surface area (TPSA) is 73.6 Å². The summed E-state index contributed by atoms with van der Waals surface area (Å²) in [7, 11) is 1.79. The number of nitrogens with zero attached hydrogens (tertiary/aromatic N) is 1. The molecule has 18 heavy (non-hydrogen) atoms. The van der Waals surface area contributed by atoms with Crippen LogP contribution in [-0.2, 0) is 0 Å². The standard InChI is InChI=1S/C12H18N2O4/c1-9(2)18-11-6-4-5-10(12(11)14(15)16)17-8-7-13-3/h4-6,9,13H,7-8H2,1-3H3. The predicted octanol–water partition coefficient (Wildman–Crippen LogP) is 1.98. The fourth-order valence-corrected chi connectivity index (χ4v) is 1.41. The second-order valence-electron chi connectivity index (χ2n) is 3.98. The van der Waals surface area contributed by atoms with E-state index in [-0.39, 0.29) is 23.3 Å². The molecule has 1 aromatic carbocycles. The van der Waals surface area contributed by atoms with Gasteiger partial charge in [-0.15, -0.1) is 0 Å². The predicted molar refractivity (Wildman–Crippen MR) is 68.3 cm³/mol. The van der Waals surface area contributed by atoms with Crippen LogP contribution in [0.2, 0.25) is 0 Å². The second-order valence-corrected chi connectivity index (χ2v) is 3.98. The first-order valence-electron chi connectivity index (χ1n) is 5.77. The summed E-state index contributed by atoms with van der Waals surface area (Å²) in [5.41, 5.74) is -0.123. The number of ether oxygens (including phenoxy) is 2. The van der Waals surface area contributed by atoms with Gasteiger partial charge in [-0.3, -0.25) is 10.1 Å². The number of benzene rings is 1. The van der Waals surface area contributed by atoms with Crippen LogP contribution in [0.4, 0.5) is 5.69 Å². The number of para-hydroxylation sites is 1. The maximum absolute atomic E-state index is 11.1. The Hall–Kier alpha value is -1.82. The molecule has 1 N–H and O–H groups in total. The van der Waals surface area contributed by atoms with Crippen LogP contribution in [0, 0.1) is 10.1 Å². The summed E-state index contributed by atoms with van der Waals surface area (Å²) in [4.78, 5) is 10.6. The molecular weight excluding hydrogens is 236 g/mol. The molecule has 0 bridgehead atoms. The molecule has 0 atom stereocenters. The van der Waals surface area contributed by atoms with Crippen LogP contribution in [0.5, 0.6) is 11.5 Å². The summed E-state index contributed by atoms with van der Waals surface area (Å²) in [6.07, 6.45) is -0.128. The van der Waals surface area contributed by atoms with E-state index in [9.17, 15) is 10.1 Å². The van der Waals surface area contributed by atoms with Gasteiger partial charge in [-0.25, -0.2) is 0 Å². The van der Waals surface area contributed by atoms with E-state index in [1.54, 1.807) is 25.2 Å². The van der Waals surface area contributed by atoms with E-state index in [2.05, 4.69) is 5.32 Å². The van der Waals surface area contributed by atoms with Crippen molar-refractivity contribution >= 4 is 5.69 Å². The van der Waals surface area contributed by atoms with Gasteiger partial charge in [0.2, 0.25) is 11.5 Å². The van der Waals surface area contributed by atoms with Gasteiger partial charge in [-0.2, -0.15) is 0 Å². The van der Waals surface area contributed by atoms with Crippen LogP contribution >= 0.6 is 0 Å². The number of nitro groups is 1. The Morgan fingerprint density at radius 2 is 2.06 bits per heavy atom. The van der Waals surface area contributed by atoms with Gasteiger partial charge in [0.15, 0.2) is 0 Å². The van der Waals surface area contributed by atoms with Crippen LogP contribution in [0.1, 0.15) is 13.8 Å². The van der Waals surface area contributed by atoms with Crippen LogP contribution in [-0.4, -0.2) is 31.2 Å². The first-order chi connectivity index (χ1) is 8.56. The normalized spacial score (nSPS) is 10.4. The lowest BCUT2D eigenvalue weighted by molar-refractivity contribution is -0.387. The lowest BCUT2D eigenvalue weighted by Crippen LogP contribution is -2.16. The van der Waals surface area contributed by atoms with Gasteiger partial charge >= 0.3 is 5.69 Å². The maximum Gasteiger partial charge on any atom is 0.352 e. The summed E-state index contributed by atoms with van der Waals surface area (Å²) in [5, 5.41) is 14.0. The van der Waals surface area contributed by atoms with Crippen molar-refractivity contribution in [3.8, 4) is 11.5 Å². The fourth-order valence-electron chi connectivity index (χ4n) is 1.41. The van der Waals surface area contributed by atoms with E-state index in [1.165, 1.54) is 0 Å². The van der Waals surface area contributed by atoms with Gasteiger partial charge in [0, 0.05) is 6.54 Å². The summed E-state index contributed by atoms with van der Waals surface area (Å²) in [5.74, 6) is 0.463.